The van der Waals surface area contributed by atoms with Gasteiger partial charge in [-0.05, 0) is 42.0 Å². The summed E-state index contributed by atoms with van der Waals surface area (Å²) in [4.78, 5) is 36.9. The second-order valence-electron chi connectivity index (χ2n) is 7.72. The van der Waals surface area contributed by atoms with Crippen LogP contribution in [0.4, 0.5) is 16.2 Å². The van der Waals surface area contributed by atoms with Gasteiger partial charge in [-0.2, -0.15) is 0 Å². The molecular formula is C26H21N5O3. The molecule has 0 saturated heterocycles. The number of aromatic nitrogens is 3. The molecule has 168 valence electrons. The number of carbonyl (C=O) groups excluding carboxylic acids is 1. The minimum Gasteiger partial charge on any atom is -0.497 e. The van der Waals surface area contributed by atoms with Crippen molar-refractivity contribution in [3.63, 3.8) is 0 Å². The topological polar surface area (TPSA) is 103 Å². The number of amides is 2. The van der Waals surface area contributed by atoms with Crippen molar-refractivity contribution in [1.82, 2.24) is 14.5 Å². The molecule has 3 aromatic heterocycles. The number of nitrogens with zero attached hydrogens (tertiary/aromatic N) is 4. The van der Waals surface area contributed by atoms with E-state index in [1.165, 1.54) is 9.47 Å². The first kappa shape index (κ1) is 21.1. The number of hydrogen-bond acceptors (Lipinski definition) is 5. The van der Waals surface area contributed by atoms with E-state index in [4.69, 9.17) is 10.5 Å². The molecule has 8 heteroatoms. The van der Waals surface area contributed by atoms with Gasteiger partial charge in [0, 0.05) is 35.8 Å². The van der Waals surface area contributed by atoms with Crippen molar-refractivity contribution in [2.75, 3.05) is 12.0 Å². The number of methoxy groups -OCH3 is 1. The highest BCUT2D eigenvalue weighted by atomic mass is 16.5. The van der Waals surface area contributed by atoms with Crippen LogP contribution in [0.15, 0.2) is 83.9 Å². The van der Waals surface area contributed by atoms with Gasteiger partial charge in [0.15, 0.2) is 0 Å². The highest BCUT2D eigenvalue weighted by Gasteiger charge is 2.28. The number of aryl methyl sites for hydroxylation is 1. The van der Waals surface area contributed by atoms with Gasteiger partial charge in [-0.25, -0.2) is 9.78 Å². The molecule has 0 radical (unpaired) electrons. The Bertz CT molecular complexity index is 1620. The molecule has 0 unspecified atom stereocenters. The number of carbonyl (C=O) groups is 1. The Kier molecular flexibility index (Phi) is 5.18. The van der Waals surface area contributed by atoms with Crippen molar-refractivity contribution >= 4 is 39.3 Å². The van der Waals surface area contributed by atoms with Gasteiger partial charge in [0.05, 0.1) is 18.3 Å². The second-order valence-corrected chi connectivity index (χ2v) is 7.72. The molecule has 0 bridgehead atoms. The normalized spacial score (nSPS) is 11.0. The van der Waals surface area contributed by atoms with Gasteiger partial charge < -0.3 is 10.5 Å². The third-order valence-electron chi connectivity index (χ3n) is 5.77. The Hall–Kier alpha value is -4.72. The fraction of sp³-hybridized carbons (Fsp3) is 0.0769. The van der Waals surface area contributed by atoms with Gasteiger partial charge in [0.2, 0.25) is 0 Å². The zero-order valence-corrected chi connectivity index (χ0v) is 18.6. The number of rotatable bonds is 4. The van der Waals surface area contributed by atoms with Gasteiger partial charge in [-0.3, -0.25) is 19.2 Å². The third-order valence-corrected chi connectivity index (χ3v) is 5.77. The summed E-state index contributed by atoms with van der Waals surface area (Å²) in [5.74, 6) is 0.610. The summed E-state index contributed by atoms with van der Waals surface area (Å²) >= 11 is 0. The maximum Gasteiger partial charge on any atom is 0.324 e. The van der Waals surface area contributed by atoms with Crippen molar-refractivity contribution in [1.29, 1.82) is 0 Å². The quantitative estimate of drug-likeness (QED) is 0.437. The number of para-hydroxylation sites is 1. The van der Waals surface area contributed by atoms with E-state index in [9.17, 15) is 9.59 Å². The minimum atomic E-state index is -0.803. The number of pyridine rings is 3. The maximum absolute atomic E-state index is 13.8. The molecule has 5 aromatic rings. The lowest BCUT2D eigenvalue weighted by molar-refractivity contribution is 0.256. The first-order valence-electron chi connectivity index (χ1n) is 10.6. The lowest BCUT2D eigenvalue weighted by Crippen LogP contribution is -2.37. The molecule has 2 N–H and O–H groups in total. The first-order chi connectivity index (χ1) is 16.5. The fourth-order valence-corrected chi connectivity index (χ4v) is 4.25. The first-order valence-corrected chi connectivity index (χ1v) is 10.6. The highest BCUT2D eigenvalue weighted by molar-refractivity contribution is 6.11. The molecule has 2 amide bonds. The molecule has 8 nitrogen and oxygen atoms in total. The average molecular weight is 451 g/mol. The number of primary amides is 1. The monoisotopic (exact) mass is 451 g/mol. The molecule has 34 heavy (non-hydrogen) atoms. The number of benzene rings is 2. The lowest BCUT2D eigenvalue weighted by atomic mass is 9.99. The Morgan fingerprint density at radius 2 is 1.74 bits per heavy atom. The van der Waals surface area contributed by atoms with E-state index in [0.717, 1.165) is 5.39 Å². The lowest BCUT2D eigenvalue weighted by Gasteiger charge is -2.25. The zero-order valence-electron chi connectivity index (χ0n) is 18.6. The predicted octanol–water partition coefficient (Wildman–Crippen LogP) is 4.37. The molecule has 0 aliphatic rings. The van der Waals surface area contributed by atoms with Crippen LogP contribution in [0, 0.1) is 0 Å². The van der Waals surface area contributed by atoms with Crippen molar-refractivity contribution < 1.29 is 9.53 Å². The number of anilines is 2. The summed E-state index contributed by atoms with van der Waals surface area (Å²) in [7, 11) is 3.19. The van der Waals surface area contributed by atoms with Gasteiger partial charge in [0.25, 0.3) is 5.56 Å². The van der Waals surface area contributed by atoms with Gasteiger partial charge >= 0.3 is 6.03 Å². The summed E-state index contributed by atoms with van der Waals surface area (Å²) in [6, 6.07) is 19.2. The molecule has 0 saturated carbocycles. The van der Waals surface area contributed by atoms with E-state index < -0.39 is 11.6 Å². The van der Waals surface area contributed by atoms with E-state index in [0.29, 0.717) is 39.1 Å². The van der Waals surface area contributed by atoms with Crippen molar-refractivity contribution in [2.45, 2.75) is 0 Å². The molecule has 0 aliphatic carbocycles. The maximum atomic E-state index is 13.8. The van der Waals surface area contributed by atoms with Crippen molar-refractivity contribution in [2.24, 2.45) is 12.8 Å². The van der Waals surface area contributed by atoms with E-state index in [2.05, 4.69) is 9.97 Å². The van der Waals surface area contributed by atoms with Gasteiger partial charge in [-0.1, -0.05) is 30.3 Å². The Morgan fingerprint density at radius 3 is 2.53 bits per heavy atom. The molecule has 0 aliphatic heterocycles. The van der Waals surface area contributed by atoms with Crippen LogP contribution in [0.25, 0.3) is 33.1 Å². The summed E-state index contributed by atoms with van der Waals surface area (Å²) in [6.07, 6.45) is 3.26. The SMILES string of the molecule is COc1cccc(-c2c(N(C(N)=O)c3cccc4cccnc34)c(=O)n(C)c3ncccc23)c1. The minimum absolute atomic E-state index is 0.113. The van der Waals surface area contributed by atoms with Crippen LogP contribution < -0.4 is 20.9 Å². The van der Waals surface area contributed by atoms with E-state index in [1.54, 1.807) is 44.8 Å². The zero-order chi connectivity index (χ0) is 23.8. The summed E-state index contributed by atoms with van der Waals surface area (Å²) in [5.41, 5.74) is 8.27. The molecule has 3 heterocycles. The Labute approximate surface area is 194 Å². The number of ether oxygens (including phenoxy) is 1. The van der Waals surface area contributed by atoms with Crippen LogP contribution in [0.3, 0.4) is 0 Å². The van der Waals surface area contributed by atoms with Crippen LogP contribution in [0.1, 0.15) is 0 Å². The molecule has 0 spiro atoms. The van der Waals surface area contributed by atoms with Gasteiger partial charge in [0.1, 0.15) is 17.1 Å². The summed E-state index contributed by atoms with van der Waals surface area (Å²) in [5, 5.41) is 1.50. The molecule has 2 aromatic carbocycles. The second kappa shape index (κ2) is 8.32. The van der Waals surface area contributed by atoms with Crippen LogP contribution in [-0.2, 0) is 7.05 Å². The smallest absolute Gasteiger partial charge is 0.324 e. The Morgan fingerprint density at radius 1 is 1.00 bits per heavy atom. The average Bonchev–Trinajstić information content (AvgIpc) is 2.87. The molecule has 5 rings (SSSR count). The van der Waals surface area contributed by atoms with Crippen molar-refractivity contribution in [3.05, 3.63) is 89.5 Å². The standard InChI is InChI=1S/C26H21N5O3/c1-30-24-19(11-6-14-29-24)21(17-8-3-10-18(15-17)34-2)23(25(30)32)31(26(27)33)20-12-4-7-16-9-5-13-28-22(16)20/h3-15H,1-2H3,(H2,27,33). The number of nitrogens with two attached hydrogens (primary N) is 1. The van der Waals surface area contributed by atoms with Crippen LogP contribution in [0.5, 0.6) is 5.75 Å². The highest BCUT2D eigenvalue weighted by Crippen LogP contribution is 2.39. The fourth-order valence-electron chi connectivity index (χ4n) is 4.25. The van der Waals surface area contributed by atoms with E-state index >= 15 is 0 Å². The predicted molar refractivity (Wildman–Crippen MR) is 132 cm³/mol. The van der Waals surface area contributed by atoms with Crippen LogP contribution in [-0.4, -0.2) is 27.7 Å². The van der Waals surface area contributed by atoms with E-state index in [1.807, 2.05) is 48.5 Å². The number of fused-ring (bicyclic) bond motifs is 2. The molecule has 0 atom stereocenters. The number of urea groups is 1. The van der Waals surface area contributed by atoms with Crippen LogP contribution in [0.2, 0.25) is 0 Å². The van der Waals surface area contributed by atoms with E-state index in [-0.39, 0.29) is 5.69 Å². The number of hydrogen-bond donors (Lipinski definition) is 1. The van der Waals surface area contributed by atoms with Crippen LogP contribution >= 0.6 is 0 Å². The van der Waals surface area contributed by atoms with Gasteiger partial charge in [-0.15, -0.1) is 0 Å². The summed E-state index contributed by atoms with van der Waals surface area (Å²) < 4.78 is 6.84. The Balaban J connectivity index is 1.95. The largest absolute Gasteiger partial charge is 0.497 e. The summed E-state index contributed by atoms with van der Waals surface area (Å²) in [6.45, 7) is 0. The van der Waals surface area contributed by atoms with Crippen molar-refractivity contribution in [3.8, 4) is 16.9 Å². The molecular weight excluding hydrogens is 430 g/mol. The third kappa shape index (κ3) is 3.32. The molecule has 0 fully saturated rings.